The molecule has 2 aromatic rings. The van der Waals surface area contributed by atoms with E-state index >= 15 is 0 Å². The number of alkyl halides is 2. The van der Waals surface area contributed by atoms with E-state index < -0.39 is 6.61 Å². The highest BCUT2D eigenvalue weighted by Crippen LogP contribution is 2.26. The zero-order valence-electron chi connectivity index (χ0n) is 19.0. The second kappa shape index (κ2) is 15.3. The van der Waals surface area contributed by atoms with Crippen molar-refractivity contribution in [2.24, 2.45) is 4.99 Å². The minimum absolute atomic E-state index is 0. The molecule has 33 heavy (non-hydrogen) atoms. The first-order chi connectivity index (χ1) is 15.5. The van der Waals surface area contributed by atoms with Crippen molar-refractivity contribution in [3.8, 4) is 11.5 Å². The van der Waals surface area contributed by atoms with Crippen LogP contribution >= 0.6 is 24.0 Å². The normalized spacial score (nSPS) is 10.9. The number of carbonyl (C=O) groups is 1. The van der Waals surface area contributed by atoms with Crippen molar-refractivity contribution < 1.29 is 23.0 Å². The summed E-state index contributed by atoms with van der Waals surface area (Å²) in [5.41, 5.74) is 2.05. The maximum Gasteiger partial charge on any atom is 0.387 e. The van der Waals surface area contributed by atoms with Gasteiger partial charge in [0.25, 0.3) is 5.91 Å². The molecule has 0 unspecified atom stereocenters. The lowest BCUT2D eigenvalue weighted by Crippen LogP contribution is -2.36. The SMILES string of the molecule is CCCOc1ccc(CNC(=NCc2ccc(C(=O)NC)cc2)NCC)c(OC(F)F)c1.I. The number of rotatable bonds is 11. The van der Waals surface area contributed by atoms with Gasteiger partial charge in [0, 0.05) is 37.3 Å². The summed E-state index contributed by atoms with van der Waals surface area (Å²) in [4.78, 5) is 16.2. The molecule has 0 aromatic heterocycles. The Kier molecular flexibility index (Phi) is 13.1. The van der Waals surface area contributed by atoms with Crippen molar-refractivity contribution in [3.63, 3.8) is 0 Å². The van der Waals surface area contributed by atoms with Crippen LogP contribution in [0.2, 0.25) is 0 Å². The summed E-state index contributed by atoms with van der Waals surface area (Å²) < 4.78 is 35.9. The Hall–Kier alpha value is -2.63. The second-order valence-corrected chi connectivity index (χ2v) is 6.82. The largest absolute Gasteiger partial charge is 0.493 e. The van der Waals surface area contributed by atoms with E-state index in [1.54, 1.807) is 31.3 Å². The third-order valence-corrected chi connectivity index (χ3v) is 4.38. The van der Waals surface area contributed by atoms with Gasteiger partial charge < -0.3 is 25.4 Å². The molecule has 0 aliphatic carbocycles. The average molecular weight is 576 g/mol. The van der Waals surface area contributed by atoms with Gasteiger partial charge in [-0.1, -0.05) is 19.1 Å². The molecule has 0 aliphatic heterocycles. The van der Waals surface area contributed by atoms with Gasteiger partial charge in [-0.25, -0.2) is 4.99 Å². The van der Waals surface area contributed by atoms with E-state index in [1.807, 2.05) is 26.0 Å². The Balaban J connectivity index is 0.00000544. The minimum Gasteiger partial charge on any atom is -0.493 e. The van der Waals surface area contributed by atoms with Gasteiger partial charge in [0.15, 0.2) is 5.96 Å². The average Bonchev–Trinajstić information content (AvgIpc) is 2.79. The maximum atomic E-state index is 12.9. The van der Waals surface area contributed by atoms with Crippen LogP contribution < -0.4 is 25.4 Å². The van der Waals surface area contributed by atoms with Gasteiger partial charge in [-0.15, -0.1) is 24.0 Å². The summed E-state index contributed by atoms with van der Waals surface area (Å²) in [5, 5.41) is 8.83. The highest BCUT2D eigenvalue weighted by atomic mass is 127. The molecular weight excluding hydrogens is 545 g/mol. The molecule has 7 nitrogen and oxygen atoms in total. The van der Waals surface area contributed by atoms with E-state index in [9.17, 15) is 13.6 Å². The first-order valence-corrected chi connectivity index (χ1v) is 10.5. The van der Waals surface area contributed by atoms with E-state index in [-0.39, 0.29) is 42.2 Å². The Bertz CT molecular complexity index is 896. The first kappa shape index (κ1) is 28.4. The lowest BCUT2D eigenvalue weighted by Gasteiger charge is -2.16. The fourth-order valence-corrected chi connectivity index (χ4v) is 2.79. The van der Waals surface area contributed by atoms with Crippen LogP contribution in [0.4, 0.5) is 8.78 Å². The molecule has 3 N–H and O–H groups in total. The number of hydrogen-bond acceptors (Lipinski definition) is 4. The number of nitrogens with zero attached hydrogens (tertiary/aromatic N) is 1. The number of hydrogen-bond donors (Lipinski definition) is 3. The van der Waals surface area contributed by atoms with E-state index in [2.05, 4.69) is 25.7 Å². The number of benzene rings is 2. The number of aliphatic imine (C=N–C) groups is 1. The molecular formula is C23H31F2IN4O3. The van der Waals surface area contributed by atoms with E-state index in [1.165, 1.54) is 6.07 Å². The number of guanidine groups is 1. The quantitative estimate of drug-likeness (QED) is 0.211. The van der Waals surface area contributed by atoms with E-state index in [0.29, 0.717) is 42.5 Å². The molecule has 0 bridgehead atoms. The number of ether oxygens (including phenoxy) is 2. The molecule has 182 valence electrons. The summed E-state index contributed by atoms with van der Waals surface area (Å²) >= 11 is 0. The summed E-state index contributed by atoms with van der Waals surface area (Å²) in [6.45, 7) is 2.70. The van der Waals surface area contributed by atoms with Crippen LogP contribution in [0.1, 0.15) is 41.8 Å². The molecule has 10 heteroatoms. The molecule has 0 atom stereocenters. The Labute approximate surface area is 210 Å². The van der Waals surface area contributed by atoms with Gasteiger partial charge in [-0.2, -0.15) is 8.78 Å². The van der Waals surface area contributed by atoms with Crippen LogP contribution in [0.25, 0.3) is 0 Å². The van der Waals surface area contributed by atoms with Crippen LogP contribution in [0.5, 0.6) is 11.5 Å². The molecule has 1 amide bonds. The zero-order chi connectivity index (χ0) is 23.3. The van der Waals surface area contributed by atoms with Crippen molar-refractivity contribution >= 4 is 35.8 Å². The summed E-state index contributed by atoms with van der Waals surface area (Å²) in [6, 6.07) is 12.0. The summed E-state index contributed by atoms with van der Waals surface area (Å²) in [5.74, 6) is 0.911. The van der Waals surface area contributed by atoms with Crippen LogP contribution in [0.3, 0.4) is 0 Å². The Morgan fingerprint density at radius 1 is 1.09 bits per heavy atom. The van der Waals surface area contributed by atoms with Crippen LogP contribution in [-0.2, 0) is 13.1 Å². The first-order valence-electron chi connectivity index (χ1n) is 10.5. The smallest absolute Gasteiger partial charge is 0.387 e. The summed E-state index contributed by atoms with van der Waals surface area (Å²) in [7, 11) is 1.58. The van der Waals surface area contributed by atoms with Gasteiger partial charge >= 0.3 is 6.61 Å². The van der Waals surface area contributed by atoms with Crippen molar-refractivity contribution in [1.29, 1.82) is 0 Å². The standard InChI is InChI=1S/C23H30F2N4O3.HI/c1-4-12-31-19-11-10-18(20(13-19)32-22(24)25)15-29-23(27-5-2)28-14-16-6-8-17(9-7-16)21(30)26-3;/h6-11,13,22H,4-5,12,14-15H2,1-3H3,(H,26,30)(H2,27,28,29);1H. The molecule has 0 heterocycles. The minimum atomic E-state index is -2.94. The Morgan fingerprint density at radius 2 is 1.82 bits per heavy atom. The van der Waals surface area contributed by atoms with E-state index in [0.717, 1.165) is 12.0 Å². The third kappa shape index (κ3) is 9.80. The van der Waals surface area contributed by atoms with Crippen molar-refractivity contribution in [2.75, 3.05) is 20.2 Å². The van der Waals surface area contributed by atoms with Crippen molar-refractivity contribution in [1.82, 2.24) is 16.0 Å². The van der Waals surface area contributed by atoms with Crippen LogP contribution in [-0.4, -0.2) is 38.7 Å². The lowest BCUT2D eigenvalue weighted by atomic mass is 10.1. The summed E-state index contributed by atoms with van der Waals surface area (Å²) in [6.07, 6.45) is 0.811. The fourth-order valence-electron chi connectivity index (χ4n) is 2.79. The van der Waals surface area contributed by atoms with Gasteiger partial charge in [-0.3, -0.25) is 4.79 Å². The number of nitrogens with one attached hydrogen (secondary N) is 3. The predicted molar refractivity (Wildman–Crippen MR) is 136 cm³/mol. The molecule has 0 saturated carbocycles. The molecule has 2 rings (SSSR count). The lowest BCUT2D eigenvalue weighted by molar-refractivity contribution is -0.0505. The highest BCUT2D eigenvalue weighted by molar-refractivity contribution is 14.0. The van der Waals surface area contributed by atoms with E-state index in [4.69, 9.17) is 4.74 Å². The van der Waals surface area contributed by atoms with Crippen molar-refractivity contribution in [3.05, 3.63) is 59.2 Å². The maximum absolute atomic E-state index is 12.9. The van der Waals surface area contributed by atoms with Gasteiger partial charge in [-0.05, 0) is 43.2 Å². The molecule has 2 aromatic carbocycles. The number of carbonyl (C=O) groups excluding carboxylic acids is 1. The topological polar surface area (TPSA) is 84.0 Å². The zero-order valence-corrected chi connectivity index (χ0v) is 21.3. The molecule has 0 saturated heterocycles. The number of amides is 1. The van der Waals surface area contributed by atoms with Crippen LogP contribution in [0.15, 0.2) is 47.5 Å². The van der Waals surface area contributed by atoms with Gasteiger partial charge in [0.2, 0.25) is 0 Å². The van der Waals surface area contributed by atoms with Gasteiger partial charge in [0.05, 0.1) is 13.2 Å². The molecule has 0 spiro atoms. The van der Waals surface area contributed by atoms with Crippen LogP contribution in [0, 0.1) is 0 Å². The highest BCUT2D eigenvalue weighted by Gasteiger charge is 2.12. The third-order valence-electron chi connectivity index (χ3n) is 4.38. The molecule has 0 aliphatic rings. The van der Waals surface area contributed by atoms with Gasteiger partial charge in [0.1, 0.15) is 11.5 Å². The molecule has 0 fully saturated rings. The second-order valence-electron chi connectivity index (χ2n) is 6.82. The number of halogens is 3. The molecule has 0 radical (unpaired) electrons. The van der Waals surface area contributed by atoms with Crippen molar-refractivity contribution in [2.45, 2.75) is 40.0 Å². The predicted octanol–water partition coefficient (Wildman–Crippen LogP) is 4.31. The monoisotopic (exact) mass is 576 g/mol. The fraction of sp³-hybridized carbons (Fsp3) is 0.391. The Morgan fingerprint density at radius 3 is 2.42 bits per heavy atom.